The summed E-state index contributed by atoms with van der Waals surface area (Å²) in [4.78, 5) is 11.9. The van der Waals surface area contributed by atoms with E-state index in [0.717, 1.165) is 12.1 Å². The lowest BCUT2D eigenvalue weighted by Gasteiger charge is -2.11. The van der Waals surface area contributed by atoms with Gasteiger partial charge in [-0.3, -0.25) is 4.79 Å². The number of amides is 1. The van der Waals surface area contributed by atoms with Gasteiger partial charge < -0.3 is 15.4 Å². The second-order valence-corrected chi connectivity index (χ2v) is 4.40. The summed E-state index contributed by atoms with van der Waals surface area (Å²) in [6.07, 6.45) is -3.17. The van der Waals surface area contributed by atoms with Gasteiger partial charge in [0.1, 0.15) is 5.75 Å². The maximum atomic E-state index is 12.1. The van der Waals surface area contributed by atoms with Gasteiger partial charge in [-0.05, 0) is 36.4 Å². The van der Waals surface area contributed by atoms with Gasteiger partial charge in [-0.15, -0.1) is 13.2 Å². The van der Waals surface area contributed by atoms with E-state index in [1.54, 1.807) is 13.1 Å². The molecule has 4 nitrogen and oxygen atoms in total. The van der Waals surface area contributed by atoms with Crippen LogP contribution < -0.4 is 15.4 Å². The topological polar surface area (TPSA) is 50.4 Å². The summed E-state index contributed by atoms with van der Waals surface area (Å²) in [6.45, 7) is 4.28. The first-order valence-corrected chi connectivity index (χ1v) is 6.39. The van der Waals surface area contributed by atoms with Crippen LogP contribution in [0.25, 0.3) is 5.57 Å². The number of rotatable bonds is 6. The highest BCUT2D eigenvalue weighted by molar-refractivity contribution is 6.19. The maximum absolute atomic E-state index is 12.1. The van der Waals surface area contributed by atoms with Gasteiger partial charge in [-0.2, -0.15) is 0 Å². The highest BCUT2D eigenvalue weighted by atomic mass is 19.4. The lowest BCUT2D eigenvalue weighted by atomic mass is 10.0. The van der Waals surface area contributed by atoms with E-state index in [-0.39, 0.29) is 11.7 Å². The van der Waals surface area contributed by atoms with Crippen molar-refractivity contribution in [2.45, 2.75) is 6.36 Å². The van der Waals surface area contributed by atoms with E-state index < -0.39 is 6.36 Å². The molecule has 1 aromatic rings. The predicted octanol–water partition coefficient (Wildman–Crippen LogP) is 2.49. The molecule has 0 aromatic heterocycles. The molecule has 22 heavy (non-hydrogen) atoms. The van der Waals surface area contributed by atoms with Crippen LogP contribution in [0.3, 0.4) is 0 Å². The molecule has 0 atom stereocenters. The van der Waals surface area contributed by atoms with Crippen molar-refractivity contribution in [1.82, 2.24) is 10.6 Å². The van der Waals surface area contributed by atoms with Crippen LogP contribution >= 0.6 is 0 Å². The fraction of sp³-hybridized carbons (Fsp3) is 0.267. The minimum Gasteiger partial charge on any atom is -0.406 e. The van der Waals surface area contributed by atoms with Crippen molar-refractivity contribution in [1.29, 1.82) is 0 Å². The summed E-state index contributed by atoms with van der Waals surface area (Å²) in [5.74, 6) is -0.705. The first-order chi connectivity index (χ1) is 10.3. The van der Waals surface area contributed by atoms with Crippen LogP contribution in [0.2, 0.25) is 0 Å². The van der Waals surface area contributed by atoms with Crippen LogP contribution in [0.4, 0.5) is 13.2 Å². The number of nitrogens with one attached hydrogen (secondary N) is 2. The third-order valence-corrected chi connectivity index (χ3v) is 2.62. The quantitative estimate of drug-likeness (QED) is 0.626. The predicted molar refractivity (Wildman–Crippen MR) is 78.2 cm³/mol. The molecule has 0 unspecified atom stereocenters. The summed E-state index contributed by atoms with van der Waals surface area (Å²) in [7, 11) is 3.21. The van der Waals surface area contributed by atoms with E-state index in [9.17, 15) is 18.0 Å². The average molecular weight is 314 g/mol. The molecule has 0 saturated heterocycles. The van der Waals surface area contributed by atoms with E-state index in [2.05, 4.69) is 21.9 Å². The molecule has 120 valence electrons. The number of alkyl halides is 3. The van der Waals surface area contributed by atoms with Gasteiger partial charge in [0.05, 0.1) is 0 Å². The van der Waals surface area contributed by atoms with E-state index in [0.29, 0.717) is 23.3 Å². The summed E-state index contributed by atoms with van der Waals surface area (Å²) in [6, 6.07) is 5.07. The van der Waals surface area contributed by atoms with E-state index in [1.807, 2.05) is 0 Å². The third kappa shape index (κ3) is 5.61. The van der Waals surface area contributed by atoms with Crippen LogP contribution in [-0.4, -0.2) is 32.9 Å². The number of hydrogen-bond acceptors (Lipinski definition) is 3. The SMILES string of the molecule is C=C(/C=C(\C(=O)NC)c1ccc(OC(F)(F)F)cc1)CNC. The van der Waals surface area contributed by atoms with Crippen molar-refractivity contribution < 1.29 is 22.7 Å². The van der Waals surface area contributed by atoms with E-state index in [4.69, 9.17) is 0 Å². The Bertz CT molecular complexity index is 563. The van der Waals surface area contributed by atoms with Gasteiger partial charge >= 0.3 is 6.36 Å². The molecule has 0 aliphatic carbocycles. The molecular weight excluding hydrogens is 297 g/mol. The number of benzene rings is 1. The summed E-state index contributed by atoms with van der Waals surface area (Å²) < 4.78 is 40.2. The Morgan fingerprint density at radius 1 is 1.27 bits per heavy atom. The lowest BCUT2D eigenvalue weighted by Crippen LogP contribution is -2.20. The third-order valence-electron chi connectivity index (χ3n) is 2.62. The summed E-state index contributed by atoms with van der Waals surface area (Å²) in [5, 5.41) is 5.38. The van der Waals surface area contributed by atoms with Crippen LogP contribution in [-0.2, 0) is 4.79 Å². The molecule has 7 heteroatoms. The maximum Gasteiger partial charge on any atom is 0.573 e. The summed E-state index contributed by atoms with van der Waals surface area (Å²) >= 11 is 0. The minimum absolute atomic E-state index is 0.307. The lowest BCUT2D eigenvalue weighted by molar-refractivity contribution is -0.274. The molecule has 0 aliphatic rings. The van der Waals surface area contributed by atoms with Crippen molar-refractivity contribution in [3.63, 3.8) is 0 Å². The first kappa shape index (κ1) is 17.8. The first-order valence-electron chi connectivity index (χ1n) is 6.39. The molecule has 2 N–H and O–H groups in total. The van der Waals surface area contributed by atoms with Crippen molar-refractivity contribution >= 4 is 11.5 Å². The zero-order valence-corrected chi connectivity index (χ0v) is 12.3. The Morgan fingerprint density at radius 2 is 1.86 bits per heavy atom. The molecule has 1 amide bonds. The van der Waals surface area contributed by atoms with Gasteiger partial charge in [0.2, 0.25) is 0 Å². The fourth-order valence-corrected chi connectivity index (χ4v) is 1.73. The van der Waals surface area contributed by atoms with Crippen molar-refractivity contribution in [2.75, 3.05) is 20.6 Å². The zero-order valence-electron chi connectivity index (χ0n) is 12.3. The Kier molecular flexibility index (Phi) is 6.18. The van der Waals surface area contributed by atoms with Gasteiger partial charge in [0.25, 0.3) is 5.91 Å². The van der Waals surface area contributed by atoms with Crippen molar-refractivity contribution in [3.05, 3.63) is 48.1 Å². The van der Waals surface area contributed by atoms with Crippen molar-refractivity contribution in [2.24, 2.45) is 0 Å². The van der Waals surface area contributed by atoms with Gasteiger partial charge in [0.15, 0.2) is 0 Å². The standard InChI is InChI=1S/C15H17F3N2O2/c1-10(9-19-2)8-13(14(21)20-3)11-4-6-12(7-5-11)22-15(16,17)18/h4-8,19H,1,9H2,2-3H3,(H,20,21)/b13-8-. The molecular formula is C15H17F3N2O2. The average Bonchev–Trinajstić information content (AvgIpc) is 2.43. The van der Waals surface area contributed by atoms with Gasteiger partial charge in [-0.1, -0.05) is 18.7 Å². The van der Waals surface area contributed by atoms with Gasteiger partial charge in [-0.25, -0.2) is 0 Å². The highest BCUT2D eigenvalue weighted by Gasteiger charge is 2.31. The van der Waals surface area contributed by atoms with Crippen LogP contribution in [0.15, 0.2) is 42.5 Å². The largest absolute Gasteiger partial charge is 0.573 e. The number of likely N-dealkylation sites (N-methyl/N-ethyl adjacent to an activating group) is 2. The molecule has 0 bridgehead atoms. The molecule has 0 saturated carbocycles. The number of halogens is 3. The second-order valence-electron chi connectivity index (χ2n) is 4.40. The molecule has 1 rings (SSSR count). The minimum atomic E-state index is -4.75. The second kappa shape index (κ2) is 7.65. The van der Waals surface area contributed by atoms with E-state index >= 15 is 0 Å². The van der Waals surface area contributed by atoms with Crippen molar-refractivity contribution in [3.8, 4) is 5.75 Å². The number of ether oxygens (including phenoxy) is 1. The Morgan fingerprint density at radius 3 is 2.32 bits per heavy atom. The molecule has 0 radical (unpaired) electrons. The molecule has 0 spiro atoms. The smallest absolute Gasteiger partial charge is 0.406 e. The molecule has 0 heterocycles. The molecule has 0 aliphatic heterocycles. The molecule has 0 fully saturated rings. The molecule has 1 aromatic carbocycles. The number of carbonyl (C=O) groups excluding carboxylic acids is 1. The van der Waals surface area contributed by atoms with Crippen LogP contribution in [0.5, 0.6) is 5.75 Å². The fourth-order valence-electron chi connectivity index (χ4n) is 1.73. The number of carbonyl (C=O) groups is 1. The van der Waals surface area contributed by atoms with E-state index in [1.165, 1.54) is 19.2 Å². The number of hydrogen-bond donors (Lipinski definition) is 2. The Labute approximate surface area is 126 Å². The highest BCUT2D eigenvalue weighted by Crippen LogP contribution is 2.25. The normalized spacial score (nSPS) is 12.0. The van der Waals surface area contributed by atoms with Crippen LogP contribution in [0.1, 0.15) is 5.56 Å². The van der Waals surface area contributed by atoms with Crippen LogP contribution in [0, 0.1) is 0 Å². The monoisotopic (exact) mass is 314 g/mol. The Hall–Kier alpha value is -2.28. The Balaban J connectivity index is 3.06. The van der Waals surface area contributed by atoms with Gasteiger partial charge in [0, 0.05) is 19.2 Å². The summed E-state index contributed by atoms with van der Waals surface area (Å²) in [5.41, 5.74) is 1.43. The zero-order chi connectivity index (χ0) is 16.8.